The summed E-state index contributed by atoms with van der Waals surface area (Å²) in [6.45, 7) is 8.37. The molecule has 0 fully saturated rings. The molecule has 9 nitrogen and oxygen atoms in total. The fourth-order valence-corrected chi connectivity index (χ4v) is 8.39. The highest BCUT2D eigenvalue weighted by Gasteiger charge is 2.34. The molecule has 4 aromatic carbocycles. The summed E-state index contributed by atoms with van der Waals surface area (Å²) in [6, 6.07) is 23.9. The number of aromatic nitrogens is 5. The van der Waals surface area contributed by atoms with E-state index in [0.717, 1.165) is 37.3 Å². The number of aliphatic hydroxyl groups is 1. The molecule has 0 aliphatic carbocycles. The van der Waals surface area contributed by atoms with E-state index in [-0.39, 0.29) is 18.8 Å². The molecule has 0 saturated heterocycles. The Morgan fingerprint density at radius 2 is 1.61 bits per heavy atom. The van der Waals surface area contributed by atoms with Crippen LogP contribution in [0.25, 0.3) is 32.2 Å². The van der Waals surface area contributed by atoms with Crippen molar-refractivity contribution in [1.82, 2.24) is 34.8 Å². The molecule has 0 radical (unpaired) electrons. The minimum Gasteiger partial charge on any atom is -0.489 e. The fraction of sp³-hybridized carbons (Fsp3) is 0.250. The summed E-state index contributed by atoms with van der Waals surface area (Å²) in [6.07, 6.45) is 2.61. The minimum atomic E-state index is -4.81. The van der Waals surface area contributed by atoms with Crippen molar-refractivity contribution in [3.05, 3.63) is 159 Å². The van der Waals surface area contributed by atoms with Crippen molar-refractivity contribution in [2.24, 2.45) is 0 Å². The van der Waals surface area contributed by atoms with Crippen LogP contribution in [0, 0.1) is 24.6 Å². The molecule has 318 valence electrons. The third-order valence-corrected chi connectivity index (χ3v) is 11.6. The molecule has 0 bridgehead atoms. The summed E-state index contributed by atoms with van der Waals surface area (Å²) in [5, 5.41) is 29.7. The molecule has 3 N–H and O–H groups in total. The van der Waals surface area contributed by atoms with Crippen LogP contribution in [0.4, 0.5) is 17.6 Å². The zero-order valence-electron chi connectivity index (χ0n) is 34.3. The molecule has 8 aromatic rings. The molecule has 0 unspecified atom stereocenters. The zero-order valence-corrected chi connectivity index (χ0v) is 35.1. The number of rotatable bonds is 16. The van der Waals surface area contributed by atoms with Gasteiger partial charge in [0.1, 0.15) is 18.2 Å². The van der Waals surface area contributed by atoms with E-state index in [1.807, 2.05) is 29.3 Å². The summed E-state index contributed by atoms with van der Waals surface area (Å²) in [5.74, 6) is 5.38. The number of halogens is 4. The quantitative estimate of drug-likeness (QED) is 0.0510. The van der Waals surface area contributed by atoms with Crippen molar-refractivity contribution >= 4 is 33.1 Å². The maximum atomic E-state index is 13.8. The molecular formula is C48H45F4N7O2S. The van der Waals surface area contributed by atoms with Gasteiger partial charge in [0.25, 0.3) is 0 Å². The van der Waals surface area contributed by atoms with Gasteiger partial charge in [0, 0.05) is 88.5 Å². The third kappa shape index (κ3) is 9.93. The Labute approximate surface area is 360 Å². The highest BCUT2D eigenvalue weighted by Crippen LogP contribution is 2.35. The van der Waals surface area contributed by atoms with Crippen LogP contribution in [0.3, 0.4) is 0 Å². The maximum Gasteiger partial charge on any atom is 0.419 e. The number of aryl methyl sites for hydroxylation is 2. The zero-order chi connectivity index (χ0) is 43.2. The van der Waals surface area contributed by atoms with Gasteiger partial charge in [0.2, 0.25) is 0 Å². The molecule has 14 heteroatoms. The second-order valence-electron chi connectivity index (χ2n) is 15.1. The Balaban J connectivity index is 0.850. The number of nitrogens with zero attached hydrogens (tertiary/aromatic N) is 5. The number of thiophene rings is 1. The molecule has 4 heterocycles. The first-order valence-electron chi connectivity index (χ1n) is 20.3. The summed E-state index contributed by atoms with van der Waals surface area (Å²) in [4.78, 5) is 1.29. The van der Waals surface area contributed by atoms with E-state index in [1.54, 1.807) is 34.3 Å². The molecule has 0 aliphatic heterocycles. The number of aliphatic hydroxyl groups excluding tert-OH is 1. The normalized spacial score (nSPS) is 11.7. The number of hydrogen-bond donors (Lipinski definition) is 3. The SMILES string of the molecule is CCn1c2ccc(CNCCn3cc(Cn4cc(C#Cc5ccc(OCc6ccc(F)c(C(F)(F)F)c6)c(CNCCO)c5)cn4)cn3)cc2c2ccc(-c3cc(C)cs3)cc21. The standard InChI is InChI=1S/C48H45F4N7O2S/c1-3-59-44-12-7-34(20-41(44)40-10-9-38(22-45(40)59)47-18-32(2)31-62-47)23-53-14-16-57-28-37(25-55-57)29-58-27-36(24-56-58)5-4-33-8-13-46(39(19-33)26-54-15-17-60)61-30-35-6-11-43(49)42(21-35)48(50,51)52/h6-13,18-22,24-25,27-28,31,53-54,60H,3,14-17,23,26,29-30H2,1-2H3. The predicted octanol–water partition coefficient (Wildman–Crippen LogP) is 9.30. The van der Waals surface area contributed by atoms with E-state index in [4.69, 9.17) is 4.74 Å². The highest BCUT2D eigenvalue weighted by molar-refractivity contribution is 7.13. The molecule has 0 saturated carbocycles. The van der Waals surface area contributed by atoms with Crippen LogP contribution in [0.2, 0.25) is 0 Å². The van der Waals surface area contributed by atoms with Gasteiger partial charge in [-0.2, -0.15) is 23.4 Å². The molecule has 62 heavy (non-hydrogen) atoms. The second-order valence-corrected chi connectivity index (χ2v) is 16.0. The van der Waals surface area contributed by atoms with Crippen LogP contribution in [-0.2, 0) is 45.5 Å². The van der Waals surface area contributed by atoms with Crippen molar-refractivity contribution in [3.63, 3.8) is 0 Å². The number of benzene rings is 4. The second kappa shape index (κ2) is 18.8. The van der Waals surface area contributed by atoms with Gasteiger partial charge < -0.3 is 25.0 Å². The van der Waals surface area contributed by atoms with Gasteiger partial charge >= 0.3 is 6.18 Å². The topological polar surface area (TPSA) is 94.1 Å². The lowest BCUT2D eigenvalue weighted by Crippen LogP contribution is -2.19. The average molecular weight is 860 g/mol. The van der Waals surface area contributed by atoms with Gasteiger partial charge in [0.05, 0.1) is 43.2 Å². The lowest BCUT2D eigenvalue weighted by atomic mass is 10.1. The smallest absolute Gasteiger partial charge is 0.419 e. The van der Waals surface area contributed by atoms with E-state index < -0.39 is 17.6 Å². The van der Waals surface area contributed by atoms with Crippen molar-refractivity contribution < 1.29 is 27.4 Å². The molecular weight excluding hydrogens is 815 g/mol. The van der Waals surface area contributed by atoms with Gasteiger partial charge in [0.15, 0.2) is 0 Å². The van der Waals surface area contributed by atoms with E-state index >= 15 is 0 Å². The Kier molecular flexibility index (Phi) is 12.9. The number of ether oxygens (including phenoxy) is 1. The van der Waals surface area contributed by atoms with E-state index in [0.29, 0.717) is 48.6 Å². The Morgan fingerprint density at radius 1 is 0.790 bits per heavy atom. The molecule has 0 atom stereocenters. The molecule has 0 aliphatic rings. The number of nitrogens with one attached hydrogen (secondary N) is 2. The molecule has 0 spiro atoms. The number of hydrogen-bond acceptors (Lipinski definition) is 7. The lowest BCUT2D eigenvalue weighted by molar-refractivity contribution is -0.140. The number of alkyl halides is 3. The molecule has 4 aromatic heterocycles. The number of fused-ring (bicyclic) bond motifs is 3. The van der Waals surface area contributed by atoms with Crippen LogP contribution in [0.1, 0.15) is 51.4 Å². The predicted molar refractivity (Wildman–Crippen MR) is 235 cm³/mol. The maximum absolute atomic E-state index is 13.8. The van der Waals surface area contributed by atoms with Gasteiger partial charge in [-0.05, 0) is 96.1 Å². The molecule has 8 rings (SSSR count). The van der Waals surface area contributed by atoms with Crippen molar-refractivity contribution in [3.8, 4) is 28.0 Å². The summed E-state index contributed by atoms with van der Waals surface area (Å²) < 4.78 is 65.5. The van der Waals surface area contributed by atoms with Crippen LogP contribution in [0.15, 0.2) is 109 Å². The first kappa shape index (κ1) is 42.5. The van der Waals surface area contributed by atoms with E-state index in [2.05, 4.69) is 98.9 Å². The van der Waals surface area contributed by atoms with E-state index in [9.17, 15) is 22.7 Å². The van der Waals surface area contributed by atoms with Gasteiger partial charge in [-0.15, -0.1) is 11.3 Å². The Morgan fingerprint density at radius 3 is 2.42 bits per heavy atom. The summed E-state index contributed by atoms with van der Waals surface area (Å²) in [5.41, 5.74) is 8.24. The fourth-order valence-electron chi connectivity index (χ4n) is 7.49. The average Bonchev–Trinajstić information content (AvgIpc) is 4.08. The Bertz CT molecular complexity index is 2900. The largest absolute Gasteiger partial charge is 0.489 e. The summed E-state index contributed by atoms with van der Waals surface area (Å²) >= 11 is 1.79. The van der Waals surface area contributed by atoms with Crippen molar-refractivity contribution in [2.75, 3.05) is 19.7 Å². The van der Waals surface area contributed by atoms with Crippen molar-refractivity contribution in [2.45, 2.75) is 59.4 Å². The first-order chi connectivity index (χ1) is 30.0. The van der Waals surface area contributed by atoms with Crippen LogP contribution in [-0.4, -0.2) is 48.9 Å². The first-order valence-corrected chi connectivity index (χ1v) is 21.2. The molecule has 0 amide bonds. The lowest BCUT2D eigenvalue weighted by Gasteiger charge is -2.14. The van der Waals surface area contributed by atoms with E-state index in [1.165, 1.54) is 49.4 Å². The van der Waals surface area contributed by atoms with Gasteiger partial charge in [-0.1, -0.05) is 36.1 Å². The highest BCUT2D eigenvalue weighted by atomic mass is 32.1. The Hall–Kier alpha value is -6.24. The summed E-state index contributed by atoms with van der Waals surface area (Å²) in [7, 11) is 0. The van der Waals surface area contributed by atoms with Gasteiger partial charge in [-0.25, -0.2) is 4.39 Å². The van der Waals surface area contributed by atoms with Crippen LogP contribution in [0.5, 0.6) is 5.75 Å². The van der Waals surface area contributed by atoms with Crippen molar-refractivity contribution in [1.29, 1.82) is 0 Å². The minimum absolute atomic E-state index is 0.0730. The monoisotopic (exact) mass is 859 g/mol. The third-order valence-electron chi connectivity index (χ3n) is 10.5. The van der Waals surface area contributed by atoms with Crippen LogP contribution >= 0.6 is 11.3 Å². The van der Waals surface area contributed by atoms with Crippen LogP contribution < -0.4 is 15.4 Å². The van der Waals surface area contributed by atoms with Gasteiger partial charge in [-0.3, -0.25) is 9.36 Å².